The second kappa shape index (κ2) is 2.61. The topological polar surface area (TPSA) is 0 Å². The maximum atomic E-state index is 2.31. The van der Waals surface area contributed by atoms with Crippen LogP contribution in [-0.4, -0.2) is 0 Å². The van der Waals surface area contributed by atoms with Crippen molar-refractivity contribution >= 4 is 18.4 Å². The molecule has 0 aliphatic rings. The molecule has 13 heavy (non-hydrogen) atoms. The van der Waals surface area contributed by atoms with E-state index in [-0.39, 0.29) is 0 Å². The minimum absolute atomic E-state index is 0.903. The van der Waals surface area contributed by atoms with Crippen molar-refractivity contribution in [1.29, 1.82) is 0 Å². The zero-order valence-electron chi connectivity index (χ0n) is 7.12. The molecule has 0 saturated carbocycles. The fourth-order valence-corrected chi connectivity index (χ4v) is 2.96. The Morgan fingerprint density at radius 3 is 2.31 bits per heavy atom. The molecule has 3 aromatic rings. The zero-order chi connectivity index (χ0) is 8.67. The summed E-state index contributed by atoms with van der Waals surface area (Å²) in [6.45, 7) is 0. The first-order chi connectivity index (χ1) is 6.43. The van der Waals surface area contributed by atoms with Crippen LogP contribution in [0.15, 0.2) is 48.5 Å². The van der Waals surface area contributed by atoms with Crippen LogP contribution in [0.2, 0.25) is 0 Å². The summed E-state index contributed by atoms with van der Waals surface area (Å²) in [5.74, 6) is 0. The van der Waals surface area contributed by atoms with Gasteiger partial charge in [-0.2, -0.15) is 0 Å². The predicted octanol–water partition coefficient (Wildman–Crippen LogP) is 3.98. The Labute approximate surface area is 78.6 Å². The molecular formula is C12H9P. The van der Waals surface area contributed by atoms with E-state index >= 15 is 0 Å². The van der Waals surface area contributed by atoms with Crippen molar-refractivity contribution in [2.75, 3.05) is 0 Å². The van der Waals surface area contributed by atoms with Gasteiger partial charge in [0, 0.05) is 0 Å². The van der Waals surface area contributed by atoms with Gasteiger partial charge in [0.15, 0.2) is 0 Å². The van der Waals surface area contributed by atoms with Gasteiger partial charge in [-0.25, -0.2) is 0 Å². The summed E-state index contributed by atoms with van der Waals surface area (Å²) < 4.78 is 0. The molecule has 0 saturated heterocycles. The van der Waals surface area contributed by atoms with Crippen LogP contribution in [0.5, 0.6) is 0 Å². The van der Waals surface area contributed by atoms with Gasteiger partial charge in [-0.3, -0.25) is 0 Å². The molecule has 62 valence electrons. The largest absolute Gasteiger partial charge is 0.124 e. The Morgan fingerprint density at radius 1 is 0.846 bits per heavy atom. The van der Waals surface area contributed by atoms with E-state index in [1.54, 1.807) is 0 Å². The number of benzene rings is 2. The van der Waals surface area contributed by atoms with Crippen LogP contribution in [0.1, 0.15) is 0 Å². The molecule has 1 heteroatoms. The van der Waals surface area contributed by atoms with E-state index in [1.807, 2.05) is 0 Å². The molecule has 2 aromatic heterocycles. The second-order valence-electron chi connectivity index (χ2n) is 3.25. The van der Waals surface area contributed by atoms with Crippen LogP contribution < -0.4 is 0 Å². The van der Waals surface area contributed by atoms with Crippen molar-refractivity contribution in [3.05, 3.63) is 48.5 Å². The van der Waals surface area contributed by atoms with Gasteiger partial charge in [0.1, 0.15) is 0 Å². The number of rotatable bonds is 1. The first kappa shape index (κ1) is 7.17. The Morgan fingerprint density at radius 2 is 1.69 bits per heavy atom. The lowest BCUT2D eigenvalue weighted by molar-refractivity contribution is 1.68. The van der Waals surface area contributed by atoms with Crippen molar-refractivity contribution in [1.82, 2.24) is 0 Å². The molecule has 0 nitrogen and oxygen atoms in total. The summed E-state index contributed by atoms with van der Waals surface area (Å²) >= 11 is 0. The molecule has 0 aliphatic carbocycles. The molecule has 2 heterocycles. The molecule has 2 bridgehead atoms. The molecule has 0 N–H and O–H groups in total. The lowest BCUT2D eigenvalue weighted by Crippen LogP contribution is -1.72. The first-order valence-electron chi connectivity index (χ1n) is 4.40. The standard InChI is InChI=1S/C12H9P/c1-2-4-9(5-3-1)11-8-10-6-7-12(11)13-10/h1-8,13H. The molecule has 0 fully saturated rings. The normalized spacial score (nSPS) is 11.7. The lowest BCUT2D eigenvalue weighted by atomic mass is 10.1. The lowest BCUT2D eigenvalue weighted by Gasteiger charge is -1.98. The SMILES string of the molecule is c1ccc(-c2cc3ccc2[pH]3)cc1. The number of hydrogen-bond donors (Lipinski definition) is 0. The van der Waals surface area contributed by atoms with Crippen LogP contribution in [0.3, 0.4) is 0 Å². The van der Waals surface area contributed by atoms with E-state index in [9.17, 15) is 0 Å². The molecule has 0 radical (unpaired) electrons. The van der Waals surface area contributed by atoms with Gasteiger partial charge in [0.2, 0.25) is 0 Å². The summed E-state index contributed by atoms with van der Waals surface area (Å²) in [5, 5.41) is 2.98. The number of hydrogen-bond acceptors (Lipinski definition) is 0. The minimum Gasteiger partial charge on any atom is -0.124 e. The molecule has 0 aliphatic heterocycles. The number of fused-ring (bicyclic) bond motifs is 2. The minimum atomic E-state index is 0.903. The summed E-state index contributed by atoms with van der Waals surface area (Å²) in [6, 6.07) is 17.4. The van der Waals surface area contributed by atoms with E-state index in [0.29, 0.717) is 0 Å². The average molecular weight is 184 g/mol. The molecule has 0 spiro atoms. The van der Waals surface area contributed by atoms with E-state index in [2.05, 4.69) is 48.5 Å². The van der Waals surface area contributed by atoms with Crippen molar-refractivity contribution in [3.63, 3.8) is 0 Å². The Bertz CT molecular complexity index is 507. The first-order valence-corrected chi connectivity index (χ1v) is 5.40. The highest BCUT2D eigenvalue weighted by molar-refractivity contribution is 7.43. The molecular weight excluding hydrogens is 175 g/mol. The van der Waals surface area contributed by atoms with Crippen molar-refractivity contribution in [3.8, 4) is 11.1 Å². The molecule has 3 rings (SSSR count). The summed E-state index contributed by atoms with van der Waals surface area (Å²) in [7, 11) is 0.903. The van der Waals surface area contributed by atoms with Crippen LogP contribution in [-0.2, 0) is 0 Å². The molecule has 0 amide bonds. The molecule has 1 unspecified atom stereocenters. The van der Waals surface area contributed by atoms with Crippen molar-refractivity contribution in [2.45, 2.75) is 0 Å². The van der Waals surface area contributed by atoms with E-state index in [1.165, 1.54) is 21.4 Å². The Kier molecular flexibility index (Phi) is 1.44. The van der Waals surface area contributed by atoms with Gasteiger partial charge in [-0.1, -0.05) is 36.4 Å². The fourth-order valence-electron chi connectivity index (χ4n) is 1.74. The fraction of sp³-hybridized carbons (Fsp3) is 0. The average Bonchev–Trinajstić information content (AvgIpc) is 2.80. The van der Waals surface area contributed by atoms with Gasteiger partial charge in [0.25, 0.3) is 0 Å². The zero-order valence-corrected chi connectivity index (χ0v) is 8.12. The van der Waals surface area contributed by atoms with Gasteiger partial charge in [0.05, 0.1) is 0 Å². The maximum Gasteiger partial charge on any atom is -0.000593 e. The van der Waals surface area contributed by atoms with E-state index in [4.69, 9.17) is 0 Å². The van der Waals surface area contributed by atoms with Gasteiger partial charge in [-0.05, 0) is 33.5 Å². The smallest absolute Gasteiger partial charge is 0.000593 e. The van der Waals surface area contributed by atoms with Crippen LogP contribution in [0, 0.1) is 0 Å². The molecule has 1 atom stereocenters. The third-order valence-corrected chi connectivity index (χ3v) is 3.69. The van der Waals surface area contributed by atoms with Crippen LogP contribution in [0.4, 0.5) is 0 Å². The summed E-state index contributed by atoms with van der Waals surface area (Å²) in [4.78, 5) is 0. The Hall–Kier alpha value is -1.26. The summed E-state index contributed by atoms with van der Waals surface area (Å²) in [5.41, 5.74) is 2.78. The summed E-state index contributed by atoms with van der Waals surface area (Å²) in [6.07, 6.45) is 0. The van der Waals surface area contributed by atoms with Crippen molar-refractivity contribution in [2.24, 2.45) is 0 Å². The van der Waals surface area contributed by atoms with Gasteiger partial charge < -0.3 is 0 Å². The highest BCUT2D eigenvalue weighted by Crippen LogP contribution is 2.39. The molecule has 1 aromatic carbocycles. The third-order valence-electron chi connectivity index (χ3n) is 2.38. The highest BCUT2D eigenvalue weighted by Gasteiger charge is 2.04. The van der Waals surface area contributed by atoms with Crippen LogP contribution >= 0.6 is 8.19 Å². The van der Waals surface area contributed by atoms with Gasteiger partial charge >= 0.3 is 0 Å². The predicted molar refractivity (Wildman–Crippen MR) is 60.1 cm³/mol. The van der Waals surface area contributed by atoms with Crippen molar-refractivity contribution < 1.29 is 0 Å². The highest BCUT2D eigenvalue weighted by atomic mass is 31.0. The Balaban J connectivity index is 2.25. The van der Waals surface area contributed by atoms with E-state index < -0.39 is 0 Å². The maximum absolute atomic E-state index is 2.31. The third kappa shape index (κ3) is 1.07. The van der Waals surface area contributed by atoms with E-state index in [0.717, 1.165) is 8.19 Å². The van der Waals surface area contributed by atoms with Gasteiger partial charge in [-0.15, -0.1) is 8.19 Å². The quantitative estimate of drug-likeness (QED) is 0.536. The monoisotopic (exact) mass is 184 g/mol. The van der Waals surface area contributed by atoms with Crippen LogP contribution in [0.25, 0.3) is 21.4 Å². The second-order valence-corrected chi connectivity index (χ2v) is 4.62.